The lowest BCUT2D eigenvalue weighted by Crippen LogP contribution is -2.37. The van der Waals surface area contributed by atoms with E-state index in [-0.39, 0.29) is 6.10 Å². The summed E-state index contributed by atoms with van der Waals surface area (Å²) in [7, 11) is 3.29. The number of nitrogens with zero attached hydrogens (tertiary/aromatic N) is 1. The predicted molar refractivity (Wildman–Crippen MR) is 90.5 cm³/mol. The zero-order chi connectivity index (χ0) is 16.5. The maximum Gasteiger partial charge on any atom is 0.165 e. The Labute approximate surface area is 134 Å². The minimum absolute atomic E-state index is 0.328. The van der Waals surface area contributed by atoms with E-state index in [9.17, 15) is 5.11 Å². The van der Waals surface area contributed by atoms with E-state index in [0.29, 0.717) is 19.1 Å². The highest BCUT2D eigenvalue weighted by atomic mass is 16.5. The van der Waals surface area contributed by atoms with E-state index >= 15 is 0 Å². The molecule has 1 unspecified atom stereocenters. The number of hydrogen-bond acceptors (Lipinski definition) is 4. The summed E-state index contributed by atoms with van der Waals surface area (Å²) in [5, 5.41) is 10.2. The first kappa shape index (κ1) is 18.5. The minimum atomic E-state index is -0.350. The Kier molecular flexibility index (Phi) is 7.99. The number of methoxy groups -OCH3 is 2. The van der Waals surface area contributed by atoms with Crippen LogP contribution in [0.4, 0.5) is 0 Å². The monoisotopic (exact) mass is 307 g/mol. The molecular formula is C18H29NO3. The lowest BCUT2D eigenvalue weighted by atomic mass is 10.1. The molecule has 124 valence electrons. The number of benzene rings is 1. The van der Waals surface area contributed by atoms with Gasteiger partial charge in [0.05, 0.1) is 20.3 Å². The SMILES string of the molecule is C=CCCC(O)CN(Cc1cccc(OC)c1OC)C(C)C. The molecule has 4 nitrogen and oxygen atoms in total. The highest BCUT2D eigenvalue weighted by Gasteiger charge is 2.18. The molecule has 0 saturated carbocycles. The molecule has 0 heterocycles. The van der Waals surface area contributed by atoms with Crippen molar-refractivity contribution in [1.82, 2.24) is 4.90 Å². The van der Waals surface area contributed by atoms with Gasteiger partial charge >= 0.3 is 0 Å². The summed E-state index contributed by atoms with van der Waals surface area (Å²) in [5.74, 6) is 1.49. The third-order valence-electron chi connectivity index (χ3n) is 3.74. The maximum absolute atomic E-state index is 10.2. The second-order valence-corrected chi connectivity index (χ2v) is 5.70. The second kappa shape index (κ2) is 9.49. The molecule has 1 aromatic rings. The molecule has 0 fully saturated rings. The first-order valence-corrected chi connectivity index (χ1v) is 7.76. The smallest absolute Gasteiger partial charge is 0.165 e. The molecule has 1 aromatic carbocycles. The van der Waals surface area contributed by atoms with Crippen LogP contribution in [0, 0.1) is 0 Å². The first-order chi connectivity index (χ1) is 10.5. The van der Waals surface area contributed by atoms with Gasteiger partial charge in [0.15, 0.2) is 11.5 Å². The molecule has 0 amide bonds. The van der Waals surface area contributed by atoms with Gasteiger partial charge in [0, 0.05) is 24.7 Å². The van der Waals surface area contributed by atoms with Gasteiger partial charge in [0.2, 0.25) is 0 Å². The molecule has 4 heteroatoms. The van der Waals surface area contributed by atoms with Crippen molar-refractivity contribution in [3.63, 3.8) is 0 Å². The fourth-order valence-corrected chi connectivity index (χ4v) is 2.43. The zero-order valence-electron chi connectivity index (χ0n) is 14.2. The summed E-state index contributed by atoms with van der Waals surface area (Å²) < 4.78 is 10.8. The molecule has 22 heavy (non-hydrogen) atoms. The van der Waals surface area contributed by atoms with Crippen LogP contribution >= 0.6 is 0 Å². The van der Waals surface area contributed by atoms with Crippen LogP contribution in [0.15, 0.2) is 30.9 Å². The summed E-state index contributed by atoms with van der Waals surface area (Å²) in [4.78, 5) is 2.24. The third-order valence-corrected chi connectivity index (χ3v) is 3.74. The predicted octanol–water partition coefficient (Wildman–Crippen LogP) is 3.24. The zero-order valence-corrected chi connectivity index (χ0v) is 14.2. The van der Waals surface area contributed by atoms with Crippen molar-refractivity contribution in [2.45, 2.75) is 45.4 Å². The lowest BCUT2D eigenvalue weighted by Gasteiger charge is -2.29. The van der Waals surface area contributed by atoms with Crippen molar-refractivity contribution in [3.8, 4) is 11.5 Å². The molecule has 0 aliphatic rings. The van der Waals surface area contributed by atoms with Gasteiger partial charge in [-0.15, -0.1) is 6.58 Å². The average Bonchev–Trinajstić information content (AvgIpc) is 2.51. The molecule has 0 radical (unpaired) electrons. The van der Waals surface area contributed by atoms with Crippen LogP contribution in [0.2, 0.25) is 0 Å². The fraction of sp³-hybridized carbons (Fsp3) is 0.556. The summed E-state index contributed by atoms with van der Waals surface area (Å²) in [5.41, 5.74) is 1.06. The van der Waals surface area contributed by atoms with Crippen LogP contribution in [-0.2, 0) is 6.54 Å². The molecule has 0 aromatic heterocycles. The van der Waals surface area contributed by atoms with Crippen molar-refractivity contribution >= 4 is 0 Å². The lowest BCUT2D eigenvalue weighted by molar-refractivity contribution is 0.0849. The number of allylic oxidation sites excluding steroid dienone is 1. The van der Waals surface area contributed by atoms with Gasteiger partial charge in [-0.25, -0.2) is 0 Å². The highest BCUT2D eigenvalue weighted by molar-refractivity contribution is 5.46. The Hall–Kier alpha value is -1.52. The Balaban J connectivity index is 2.85. The van der Waals surface area contributed by atoms with Crippen LogP contribution in [0.3, 0.4) is 0 Å². The molecule has 1 atom stereocenters. The van der Waals surface area contributed by atoms with Crippen LogP contribution in [0.1, 0.15) is 32.3 Å². The van der Waals surface area contributed by atoms with Gasteiger partial charge in [-0.05, 0) is 32.8 Å². The summed E-state index contributed by atoms with van der Waals surface area (Å²) >= 11 is 0. The van der Waals surface area contributed by atoms with Gasteiger partial charge in [0.1, 0.15) is 0 Å². The van der Waals surface area contributed by atoms with Gasteiger partial charge in [-0.1, -0.05) is 18.2 Å². The summed E-state index contributed by atoms with van der Waals surface area (Å²) in [6, 6.07) is 6.21. The van der Waals surface area contributed by atoms with E-state index in [1.165, 1.54) is 0 Å². The van der Waals surface area contributed by atoms with E-state index in [1.54, 1.807) is 14.2 Å². The number of hydrogen-bond donors (Lipinski definition) is 1. The second-order valence-electron chi connectivity index (χ2n) is 5.70. The maximum atomic E-state index is 10.2. The van der Waals surface area contributed by atoms with Crippen LogP contribution < -0.4 is 9.47 Å². The van der Waals surface area contributed by atoms with Gasteiger partial charge < -0.3 is 14.6 Å². The largest absolute Gasteiger partial charge is 0.493 e. The van der Waals surface area contributed by atoms with Crippen molar-refractivity contribution in [2.24, 2.45) is 0 Å². The van der Waals surface area contributed by atoms with E-state index in [4.69, 9.17) is 9.47 Å². The van der Waals surface area contributed by atoms with E-state index in [0.717, 1.165) is 29.9 Å². The quantitative estimate of drug-likeness (QED) is 0.674. The Bertz CT molecular complexity index is 460. The van der Waals surface area contributed by atoms with Crippen molar-refractivity contribution in [2.75, 3.05) is 20.8 Å². The highest BCUT2D eigenvalue weighted by Crippen LogP contribution is 2.31. The molecule has 0 spiro atoms. The molecule has 0 aliphatic heterocycles. The van der Waals surface area contributed by atoms with Crippen molar-refractivity contribution < 1.29 is 14.6 Å². The van der Waals surface area contributed by atoms with Gasteiger partial charge in [-0.3, -0.25) is 4.90 Å². The molecule has 0 aliphatic carbocycles. The summed E-state index contributed by atoms with van der Waals surface area (Å²) in [6.07, 6.45) is 3.06. The van der Waals surface area contributed by atoms with Crippen LogP contribution in [-0.4, -0.2) is 42.9 Å². The molecule has 1 N–H and O–H groups in total. The number of para-hydroxylation sites is 1. The molecule has 0 saturated heterocycles. The number of ether oxygens (including phenoxy) is 2. The van der Waals surface area contributed by atoms with Crippen LogP contribution in [0.25, 0.3) is 0 Å². The average molecular weight is 307 g/mol. The number of aliphatic hydroxyl groups is 1. The third kappa shape index (κ3) is 5.35. The molecule has 1 rings (SSSR count). The minimum Gasteiger partial charge on any atom is -0.493 e. The first-order valence-electron chi connectivity index (χ1n) is 7.76. The van der Waals surface area contributed by atoms with Crippen molar-refractivity contribution in [3.05, 3.63) is 36.4 Å². The number of rotatable bonds is 10. The van der Waals surface area contributed by atoms with E-state index in [2.05, 4.69) is 25.3 Å². The number of aliphatic hydroxyl groups excluding tert-OH is 1. The molecular weight excluding hydrogens is 278 g/mol. The normalized spacial score (nSPS) is 12.5. The van der Waals surface area contributed by atoms with Crippen molar-refractivity contribution in [1.29, 1.82) is 0 Å². The molecule has 0 bridgehead atoms. The fourth-order valence-electron chi connectivity index (χ4n) is 2.43. The Morgan fingerprint density at radius 2 is 2.00 bits per heavy atom. The Morgan fingerprint density at radius 1 is 1.27 bits per heavy atom. The summed E-state index contributed by atoms with van der Waals surface area (Å²) in [6.45, 7) is 9.31. The van der Waals surface area contributed by atoms with Gasteiger partial charge in [0.25, 0.3) is 0 Å². The Morgan fingerprint density at radius 3 is 2.55 bits per heavy atom. The topological polar surface area (TPSA) is 41.9 Å². The van der Waals surface area contributed by atoms with E-state index < -0.39 is 0 Å². The van der Waals surface area contributed by atoms with Gasteiger partial charge in [-0.2, -0.15) is 0 Å². The standard InChI is InChI=1S/C18H29NO3/c1-6-7-10-16(20)13-19(14(2)3)12-15-9-8-11-17(21-4)18(15)22-5/h6,8-9,11,14,16,20H,1,7,10,12-13H2,2-5H3. The van der Waals surface area contributed by atoms with E-state index in [1.807, 2.05) is 24.3 Å². The van der Waals surface area contributed by atoms with Crippen LogP contribution in [0.5, 0.6) is 11.5 Å².